The first-order chi connectivity index (χ1) is 8.58. The predicted octanol–water partition coefficient (Wildman–Crippen LogP) is 3.15. The average Bonchev–Trinajstić information content (AvgIpc) is 2.78. The minimum absolute atomic E-state index is 0.0356. The van der Waals surface area contributed by atoms with Crippen LogP contribution in [0.3, 0.4) is 0 Å². The van der Waals surface area contributed by atoms with E-state index in [2.05, 4.69) is 20.9 Å². The number of hydrogen-bond donors (Lipinski definition) is 1. The van der Waals surface area contributed by atoms with Gasteiger partial charge in [0.2, 0.25) is 0 Å². The smallest absolute Gasteiger partial charge is 0.178 e. The molecule has 0 amide bonds. The monoisotopic (exact) mass is 311 g/mol. The zero-order chi connectivity index (χ0) is 13.3. The zero-order valence-electron chi connectivity index (χ0n) is 10.4. The van der Waals surface area contributed by atoms with Gasteiger partial charge in [-0.3, -0.25) is 4.79 Å². The Balaban J connectivity index is 2.62. The summed E-state index contributed by atoms with van der Waals surface area (Å²) in [6.45, 7) is 1.81. The molecular formula is C13H14BrNO3. The van der Waals surface area contributed by atoms with Crippen LogP contribution in [0.1, 0.15) is 17.3 Å². The fraction of sp³-hybridized carbons (Fsp3) is 0.308. The Morgan fingerprint density at radius 1 is 1.28 bits per heavy atom. The quantitative estimate of drug-likeness (QED) is 0.697. The van der Waals surface area contributed by atoms with Crippen LogP contribution >= 0.6 is 15.9 Å². The van der Waals surface area contributed by atoms with E-state index in [4.69, 9.17) is 9.47 Å². The number of aromatic amines is 1. The van der Waals surface area contributed by atoms with Gasteiger partial charge in [0.25, 0.3) is 0 Å². The topological polar surface area (TPSA) is 51.3 Å². The number of carbonyl (C=O) groups is 1. The third-order valence-corrected chi connectivity index (χ3v) is 3.23. The molecule has 0 aliphatic rings. The summed E-state index contributed by atoms with van der Waals surface area (Å²) < 4.78 is 10.5. The number of benzene rings is 1. The molecule has 5 heteroatoms. The van der Waals surface area contributed by atoms with Gasteiger partial charge in [-0.05, 0) is 13.0 Å². The maximum absolute atomic E-state index is 12.0. The van der Waals surface area contributed by atoms with Crippen molar-refractivity contribution in [2.75, 3.05) is 14.2 Å². The largest absolute Gasteiger partial charge is 0.493 e. The SMILES string of the molecule is COc1cc2[nH]cc(C(=O)[C@@H](C)Br)c2cc1OC. The van der Waals surface area contributed by atoms with Crippen LogP contribution in [0.4, 0.5) is 0 Å². The third kappa shape index (κ3) is 2.10. The minimum Gasteiger partial charge on any atom is -0.493 e. The highest BCUT2D eigenvalue weighted by Crippen LogP contribution is 2.33. The van der Waals surface area contributed by atoms with Crippen LogP contribution in [0, 0.1) is 0 Å². The minimum atomic E-state index is -0.218. The number of rotatable bonds is 4. The van der Waals surface area contributed by atoms with Gasteiger partial charge < -0.3 is 14.5 Å². The van der Waals surface area contributed by atoms with Gasteiger partial charge in [0.05, 0.1) is 24.6 Å². The zero-order valence-corrected chi connectivity index (χ0v) is 12.0. The summed E-state index contributed by atoms with van der Waals surface area (Å²) in [5.74, 6) is 1.28. The highest BCUT2D eigenvalue weighted by atomic mass is 79.9. The molecule has 0 spiro atoms. The van der Waals surface area contributed by atoms with Crippen LogP contribution in [0.5, 0.6) is 11.5 Å². The lowest BCUT2D eigenvalue weighted by atomic mass is 10.1. The van der Waals surface area contributed by atoms with Crippen molar-refractivity contribution in [1.82, 2.24) is 4.98 Å². The number of hydrogen-bond acceptors (Lipinski definition) is 3. The van der Waals surface area contributed by atoms with Crippen molar-refractivity contribution in [3.05, 3.63) is 23.9 Å². The number of alkyl halides is 1. The van der Waals surface area contributed by atoms with Crippen LogP contribution in [0.15, 0.2) is 18.3 Å². The first kappa shape index (κ1) is 13.0. The molecule has 0 fully saturated rings. The molecule has 96 valence electrons. The van der Waals surface area contributed by atoms with Gasteiger partial charge in [-0.15, -0.1) is 0 Å². The van der Waals surface area contributed by atoms with Crippen LogP contribution < -0.4 is 9.47 Å². The molecule has 2 aromatic rings. The number of aromatic nitrogens is 1. The van der Waals surface area contributed by atoms with E-state index >= 15 is 0 Å². The molecule has 0 unspecified atom stereocenters. The molecule has 0 radical (unpaired) electrons. The van der Waals surface area contributed by atoms with E-state index in [1.165, 1.54) is 0 Å². The van der Waals surface area contributed by atoms with E-state index in [1.54, 1.807) is 20.4 Å². The van der Waals surface area contributed by atoms with Crippen molar-refractivity contribution >= 4 is 32.6 Å². The molecule has 0 aliphatic carbocycles. The second-order valence-corrected chi connectivity index (χ2v) is 5.31. The fourth-order valence-corrected chi connectivity index (χ4v) is 2.11. The van der Waals surface area contributed by atoms with Crippen LogP contribution in [0.25, 0.3) is 10.9 Å². The molecule has 0 aliphatic heterocycles. The Morgan fingerprint density at radius 3 is 2.44 bits per heavy atom. The summed E-state index contributed by atoms with van der Waals surface area (Å²) in [7, 11) is 3.16. The third-order valence-electron chi connectivity index (χ3n) is 2.81. The van der Waals surface area contributed by atoms with Crippen molar-refractivity contribution < 1.29 is 14.3 Å². The number of ether oxygens (including phenoxy) is 2. The lowest BCUT2D eigenvalue weighted by molar-refractivity contribution is 0.0997. The average molecular weight is 312 g/mol. The van der Waals surface area contributed by atoms with Gasteiger partial charge in [0, 0.05) is 23.2 Å². The molecule has 1 aromatic heterocycles. The molecule has 1 aromatic carbocycles. The molecule has 18 heavy (non-hydrogen) atoms. The number of ketones is 1. The molecule has 2 rings (SSSR count). The Morgan fingerprint density at radius 2 is 1.89 bits per heavy atom. The molecule has 4 nitrogen and oxygen atoms in total. The highest BCUT2D eigenvalue weighted by Gasteiger charge is 2.18. The summed E-state index contributed by atoms with van der Waals surface area (Å²) in [6, 6.07) is 3.64. The van der Waals surface area contributed by atoms with E-state index in [0.29, 0.717) is 17.1 Å². The summed E-state index contributed by atoms with van der Waals surface area (Å²) in [5.41, 5.74) is 1.50. The molecule has 1 N–H and O–H groups in total. The fourth-order valence-electron chi connectivity index (χ4n) is 1.87. The number of halogens is 1. The first-order valence-corrected chi connectivity index (χ1v) is 6.41. The lowest BCUT2D eigenvalue weighted by Gasteiger charge is -2.08. The van der Waals surface area contributed by atoms with E-state index in [0.717, 1.165) is 10.9 Å². The summed E-state index contributed by atoms with van der Waals surface area (Å²) >= 11 is 3.29. The van der Waals surface area contributed by atoms with Crippen molar-refractivity contribution in [1.29, 1.82) is 0 Å². The van der Waals surface area contributed by atoms with E-state index in [9.17, 15) is 4.79 Å². The van der Waals surface area contributed by atoms with Crippen LogP contribution in [0.2, 0.25) is 0 Å². The molecule has 1 atom stereocenters. The van der Waals surface area contributed by atoms with Gasteiger partial charge in [-0.2, -0.15) is 0 Å². The molecule has 0 saturated heterocycles. The first-order valence-electron chi connectivity index (χ1n) is 5.50. The number of methoxy groups -OCH3 is 2. The van der Waals surface area contributed by atoms with E-state index < -0.39 is 0 Å². The second-order valence-electron chi connectivity index (χ2n) is 3.94. The standard InChI is InChI=1S/C13H14BrNO3/c1-7(14)13(16)9-6-15-10-5-12(18-3)11(17-2)4-8(9)10/h4-7,15H,1-3H3/t7-/m1/s1. The molecule has 1 heterocycles. The van der Waals surface area contributed by atoms with Gasteiger partial charge in [0.1, 0.15) is 0 Å². The molecular weight excluding hydrogens is 298 g/mol. The highest BCUT2D eigenvalue weighted by molar-refractivity contribution is 9.10. The van der Waals surface area contributed by atoms with Gasteiger partial charge in [-0.25, -0.2) is 0 Å². The maximum atomic E-state index is 12.0. The predicted molar refractivity (Wildman–Crippen MR) is 74.1 cm³/mol. The maximum Gasteiger partial charge on any atom is 0.178 e. The number of Topliss-reactive ketones (excluding diaryl/α,β-unsaturated/α-hetero) is 1. The Hall–Kier alpha value is -1.49. The van der Waals surface area contributed by atoms with E-state index in [1.807, 2.05) is 19.1 Å². The Labute approximate surface area is 113 Å². The summed E-state index contributed by atoms with van der Waals surface area (Å²) in [6.07, 6.45) is 1.71. The Kier molecular flexibility index (Phi) is 3.61. The number of fused-ring (bicyclic) bond motifs is 1. The van der Waals surface area contributed by atoms with Crippen molar-refractivity contribution in [2.45, 2.75) is 11.8 Å². The van der Waals surface area contributed by atoms with E-state index in [-0.39, 0.29) is 10.6 Å². The van der Waals surface area contributed by atoms with Crippen molar-refractivity contribution in [2.24, 2.45) is 0 Å². The summed E-state index contributed by atoms with van der Waals surface area (Å²) in [4.78, 5) is 14.9. The normalized spacial score (nSPS) is 12.4. The van der Waals surface area contributed by atoms with Crippen LogP contribution in [-0.4, -0.2) is 29.8 Å². The second kappa shape index (κ2) is 5.02. The molecule has 0 bridgehead atoms. The van der Waals surface area contributed by atoms with Crippen molar-refractivity contribution in [3.8, 4) is 11.5 Å². The Bertz CT molecular complexity index is 589. The van der Waals surface area contributed by atoms with Gasteiger partial charge in [-0.1, -0.05) is 15.9 Å². The van der Waals surface area contributed by atoms with Crippen LogP contribution in [-0.2, 0) is 0 Å². The number of H-pyrrole nitrogens is 1. The van der Waals surface area contributed by atoms with Gasteiger partial charge >= 0.3 is 0 Å². The number of carbonyl (C=O) groups excluding carboxylic acids is 1. The number of nitrogens with one attached hydrogen (secondary N) is 1. The van der Waals surface area contributed by atoms with Crippen molar-refractivity contribution in [3.63, 3.8) is 0 Å². The molecule has 0 saturated carbocycles. The summed E-state index contributed by atoms with van der Waals surface area (Å²) in [5, 5.41) is 0.837. The lowest BCUT2D eigenvalue weighted by Crippen LogP contribution is -2.09. The van der Waals surface area contributed by atoms with Gasteiger partial charge in [0.15, 0.2) is 17.3 Å².